The van der Waals surface area contributed by atoms with Crippen LogP contribution in [0.2, 0.25) is 10.0 Å². The minimum absolute atomic E-state index is 0.0496. The molecule has 0 amide bonds. The molecule has 3 aromatic rings. The van der Waals surface area contributed by atoms with E-state index < -0.39 is 11.9 Å². The summed E-state index contributed by atoms with van der Waals surface area (Å²) >= 11 is 12.5. The second kappa shape index (κ2) is 10.3. The second-order valence-corrected chi connectivity index (χ2v) is 8.66. The Balaban J connectivity index is 1.39. The molecule has 0 radical (unpaired) electrons. The zero-order valence-corrected chi connectivity index (χ0v) is 19.2. The van der Waals surface area contributed by atoms with E-state index >= 15 is 0 Å². The van der Waals surface area contributed by atoms with Gasteiger partial charge in [0.2, 0.25) is 0 Å². The lowest BCUT2D eigenvalue weighted by Crippen LogP contribution is -2.20. The maximum atomic E-state index is 12.5. The molecule has 33 heavy (non-hydrogen) atoms. The first-order valence-electron chi connectivity index (χ1n) is 10.7. The van der Waals surface area contributed by atoms with E-state index in [0.717, 1.165) is 17.0 Å². The Morgan fingerprint density at radius 1 is 1.03 bits per heavy atom. The van der Waals surface area contributed by atoms with Crippen LogP contribution in [0, 0.1) is 0 Å². The molecule has 1 heterocycles. The fourth-order valence-electron chi connectivity index (χ4n) is 3.85. The highest BCUT2D eigenvalue weighted by Crippen LogP contribution is 2.41. The number of carboxylic acids is 1. The number of rotatable bonds is 8. The van der Waals surface area contributed by atoms with Crippen LogP contribution in [0.1, 0.15) is 46.7 Å². The van der Waals surface area contributed by atoms with Gasteiger partial charge in [0.05, 0.1) is 17.5 Å². The number of carbonyl (C=O) groups excluding carboxylic acids is 1. The van der Waals surface area contributed by atoms with Crippen LogP contribution in [-0.4, -0.2) is 23.5 Å². The third-order valence-electron chi connectivity index (χ3n) is 5.61. The van der Waals surface area contributed by atoms with Crippen LogP contribution in [0.25, 0.3) is 0 Å². The number of benzene rings is 3. The number of halogens is 2. The Bertz CT molecular complexity index is 1170. The third-order valence-corrected chi connectivity index (χ3v) is 6.28. The molecule has 0 saturated heterocycles. The number of fused-ring (bicyclic) bond motifs is 1. The normalized spacial score (nSPS) is 14.8. The summed E-state index contributed by atoms with van der Waals surface area (Å²) in [5.41, 5.74) is 2.19. The summed E-state index contributed by atoms with van der Waals surface area (Å²) in [5, 5.41) is 10.4. The van der Waals surface area contributed by atoms with Crippen molar-refractivity contribution in [2.24, 2.45) is 0 Å². The van der Waals surface area contributed by atoms with Gasteiger partial charge in [0.1, 0.15) is 17.2 Å². The highest BCUT2D eigenvalue weighted by molar-refractivity contribution is 6.32. The van der Waals surface area contributed by atoms with Crippen molar-refractivity contribution in [1.29, 1.82) is 0 Å². The van der Waals surface area contributed by atoms with Gasteiger partial charge in [-0.15, -0.1) is 0 Å². The zero-order valence-electron chi connectivity index (χ0n) is 17.7. The molecular formula is C26H22Cl2O5. The van der Waals surface area contributed by atoms with E-state index in [1.54, 1.807) is 36.4 Å². The fraction of sp³-hybridized carbons (Fsp3) is 0.231. The minimum atomic E-state index is -0.906. The molecule has 4 rings (SSSR count). The first-order valence-corrected chi connectivity index (χ1v) is 11.4. The van der Waals surface area contributed by atoms with E-state index in [9.17, 15) is 14.7 Å². The van der Waals surface area contributed by atoms with Gasteiger partial charge in [0.15, 0.2) is 5.78 Å². The standard InChI is InChI=1S/C26H22Cl2O5/c27-21-6-2-1-4-16(21)5-3-7-23(29)17-8-10-18(11-9-17)33-25-15-24-20(14-22(25)28)19(26(30)31)12-13-32-24/h1-2,4,6,8-11,14-15,19H,3,5,7,12-13H2,(H,30,31). The Morgan fingerprint density at radius 2 is 1.79 bits per heavy atom. The molecule has 5 nitrogen and oxygen atoms in total. The number of aryl methyl sites for hydroxylation is 1. The number of Topliss-reactive ketones (excluding diaryl/α,β-unsaturated/α-hetero) is 1. The largest absolute Gasteiger partial charge is 0.493 e. The molecule has 170 valence electrons. The molecule has 1 atom stereocenters. The van der Waals surface area contributed by atoms with Gasteiger partial charge in [-0.3, -0.25) is 9.59 Å². The van der Waals surface area contributed by atoms with E-state index in [1.807, 2.05) is 24.3 Å². The SMILES string of the molecule is O=C(CCCc1ccccc1Cl)c1ccc(Oc2cc3c(cc2Cl)C(C(=O)O)CCO3)cc1. The van der Waals surface area contributed by atoms with Crippen molar-refractivity contribution in [2.45, 2.75) is 31.6 Å². The summed E-state index contributed by atoms with van der Waals surface area (Å²) in [6.45, 7) is 0.318. The monoisotopic (exact) mass is 484 g/mol. The highest BCUT2D eigenvalue weighted by atomic mass is 35.5. The summed E-state index contributed by atoms with van der Waals surface area (Å²) in [4.78, 5) is 24.0. The van der Waals surface area contributed by atoms with E-state index in [2.05, 4.69) is 0 Å². The van der Waals surface area contributed by atoms with Crippen LogP contribution < -0.4 is 9.47 Å². The van der Waals surface area contributed by atoms with Crippen LogP contribution in [0.3, 0.4) is 0 Å². The first kappa shape index (κ1) is 23.1. The van der Waals surface area contributed by atoms with Gasteiger partial charge in [0.25, 0.3) is 0 Å². The summed E-state index contributed by atoms with van der Waals surface area (Å²) in [5.74, 6) is -0.179. The van der Waals surface area contributed by atoms with E-state index in [1.165, 1.54) is 0 Å². The molecule has 0 aromatic heterocycles. The predicted octanol–water partition coefficient (Wildman–Crippen LogP) is 6.94. The van der Waals surface area contributed by atoms with Crippen LogP contribution in [0.15, 0.2) is 60.7 Å². The van der Waals surface area contributed by atoms with Crippen molar-refractivity contribution in [2.75, 3.05) is 6.61 Å². The van der Waals surface area contributed by atoms with Crippen molar-refractivity contribution in [1.82, 2.24) is 0 Å². The molecule has 0 spiro atoms. The van der Waals surface area contributed by atoms with Gasteiger partial charge in [-0.05, 0) is 61.2 Å². The van der Waals surface area contributed by atoms with Crippen LogP contribution in [0.5, 0.6) is 17.2 Å². The fourth-order valence-corrected chi connectivity index (χ4v) is 4.29. The quantitative estimate of drug-likeness (QED) is 0.350. The second-order valence-electron chi connectivity index (χ2n) is 7.84. The molecule has 1 aliphatic rings. The number of ketones is 1. The number of carbonyl (C=O) groups is 2. The predicted molar refractivity (Wildman–Crippen MR) is 127 cm³/mol. The molecule has 3 aromatic carbocycles. The van der Waals surface area contributed by atoms with Crippen molar-refractivity contribution >= 4 is 35.0 Å². The molecule has 7 heteroatoms. The first-order chi connectivity index (χ1) is 15.9. The molecule has 1 aliphatic heterocycles. The summed E-state index contributed by atoms with van der Waals surface area (Å²) in [6, 6.07) is 17.7. The smallest absolute Gasteiger partial charge is 0.311 e. The molecule has 0 saturated carbocycles. The number of hydrogen-bond donors (Lipinski definition) is 1. The molecule has 0 aliphatic carbocycles. The summed E-state index contributed by atoms with van der Waals surface area (Å²) < 4.78 is 11.5. The molecule has 0 fully saturated rings. The maximum absolute atomic E-state index is 12.5. The number of ether oxygens (including phenoxy) is 2. The maximum Gasteiger partial charge on any atom is 0.311 e. The van der Waals surface area contributed by atoms with Crippen LogP contribution in [-0.2, 0) is 11.2 Å². The van der Waals surface area contributed by atoms with Crippen molar-refractivity contribution < 1.29 is 24.2 Å². The van der Waals surface area contributed by atoms with E-state index in [-0.39, 0.29) is 5.78 Å². The molecular weight excluding hydrogens is 463 g/mol. The minimum Gasteiger partial charge on any atom is -0.493 e. The lowest BCUT2D eigenvalue weighted by molar-refractivity contribution is -0.139. The van der Waals surface area contributed by atoms with Gasteiger partial charge in [0, 0.05) is 28.6 Å². The number of aliphatic carboxylic acids is 1. The zero-order chi connectivity index (χ0) is 23.4. The molecule has 0 bridgehead atoms. The summed E-state index contributed by atoms with van der Waals surface area (Å²) in [6.07, 6.45) is 2.27. The van der Waals surface area contributed by atoms with Crippen molar-refractivity contribution in [3.63, 3.8) is 0 Å². The van der Waals surface area contributed by atoms with E-state index in [0.29, 0.717) is 59.3 Å². The Hall–Kier alpha value is -3.02. The van der Waals surface area contributed by atoms with E-state index in [4.69, 9.17) is 32.7 Å². The number of carboxylic acid groups (broad SMARTS) is 1. The average molecular weight is 485 g/mol. The van der Waals surface area contributed by atoms with Crippen molar-refractivity contribution in [3.8, 4) is 17.2 Å². The highest BCUT2D eigenvalue weighted by Gasteiger charge is 2.29. The van der Waals surface area contributed by atoms with Crippen LogP contribution >= 0.6 is 23.2 Å². The topological polar surface area (TPSA) is 72.8 Å². The van der Waals surface area contributed by atoms with Gasteiger partial charge in [-0.2, -0.15) is 0 Å². The Kier molecular flexibility index (Phi) is 7.21. The Morgan fingerprint density at radius 3 is 2.52 bits per heavy atom. The van der Waals surface area contributed by atoms with Gasteiger partial charge < -0.3 is 14.6 Å². The third kappa shape index (κ3) is 5.49. The van der Waals surface area contributed by atoms with Crippen LogP contribution in [0.4, 0.5) is 0 Å². The van der Waals surface area contributed by atoms with Gasteiger partial charge in [-0.1, -0.05) is 41.4 Å². The molecule has 1 unspecified atom stereocenters. The lowest BCUT2D eigenvalue weighted by Gasteiger charge is -2.24. The lowest BCUT2D eigenvalue weighted by atomic mass is 9.93. The van der Waals surface area contributed by atoms with Gasteiger partial charge >= 0.3 is 5.97 Å². The average Bonchev–Trinajstić information content (AvgIpc) is 2.80. The Labute approximate surface area is 201 Å². The number of hydrogen-bond acceptors (Lipinski definition) is 4. The molecule has 1 N–H and O–H groups in total. The summed E-state index contributed by atoms with van der Waals surface area (Å²) in [7, 11) is 0. The van der Waals surface area contributed by atoms with Gasteiger partial charge in [-0.25, -0.2) is 0 Å². The van der Waals surface area contributed by atoms with Crippen molar-refractivity contribution in [3.05, 3.63) is 87.4 Å².